The molecule has 0 saturated heterocycles. The van der Waals surface area contributed by atoms with Gasteiger partial charge < -0.3 is 0 Å². The van der Waals surface area contributed by atoms with Crippen molar-refractivity contribution < 1.29 is 0 Å². The molecule has 0 amide bonds. The largest absolute Gasteiger partial charge is 0.295 e. The summed E-state index contributed by atoms with van der Waals surface area (Å²) in [4.78, 5) is 2.77. The van der Waals surface area contributed by atoms with Crippen LogP contribution < -0.4 is 0 Å². The highest BCUT2D eigenvalue weighted by atomic mass is 15.2. The average molecular weight is 284 g/mol. The summed E-state index contributed by atoms with van der Waals surface area (Å²) in [7, 11) is 0. The fourth-order valence-electron chi connectivity index (χ4n) is 3.16. The van der Waals surface area contributed by atoms with Crippen LogP contribution in [0.3, 0.4) is 0 Å². The van der Waals surface area contributed by atoms with Gasteiger partial charge in [0.05, 0.1) is 0 Å². The maximum Gasteiger partial charge on any atom is 0.0186 e. The Morgan fingerprint density at radius 2 is 1.20 bits per heavy atom. The second-order valence-electron chi connectivity index (χ2n) is 8.78. The Bertz CT molecular complexity index is 277. The molecule has 0 aromatic heterocycles. The summed E-state index contributed by atoms with van der Waals surface area (Å²) in [6, 6.07) is 0.610. The molecular weight excluding hydrogens is 242 g/mol. The highest BCUT2D eigenvalue weighted by Crippen LogP contribution is 2.39. The minimum atomic E-state index is 0.306. The zero-order valence-electron chi connectivity index (χ0n) is 16.1. The van der Waals surface area contributed by atoms with Gasteiger partial charge in [0, 0.05) is 18.1 Å². The minimum Gasteiger partial charge on any atom is -0.295 e. The van der Waals surface area contributed by atoms with Gasteiger partial charge >= 0.3 is 0 Å². The van der Waals surface area contributed by atoms with Crippen molar-refractivity contribution in [2.45, 2.75) is 107 Å². The summed E-state index contributed by atoms with van der Waals surface area (Å²) in [6.07, 6.45) is 5.01. The van der Waals surface area contributed by atoms with Crippen LogP contribution in [0.5, 0.6) is 0 Å². The standard InChI is InChI=1S/C19H41N/c1-11-17(6,7)14-19(10,13-3)20(16(4)5)15-18(8,9)12-2/h16H,11-15H2,1-10H3. The SMILES string of the molecule is CCC(C)(C)CN(C(C)C)C(C)(CC)CC(C)(C)CC. The molecule has 0 bridgehead atoms. The third-order valence-corrected chi connectivity index (χ3v) is 5.45. The van der Waals surface area contributed by atoms with Crippen molar-refractivity contribution in [3.63, 3.8) is 0 Å². The normalized spacial score (nSPS) is 16.8. The maximum absolute atomic E-state index is 2.77. The molecule has 0 aliphatic carbocycles. The van der Waals surface area contributed by atoms with Gasteiger partial charge in [-0.3, -0.25) is 4.90 Å². The van der Waals surface area contributed by atoms with Crippen LogP contribution in [0, 0.1) is 10.8 Å². The first-order chi connectivity index (χ1) is 8.93. The topological polar surface area (TPSA) is 3.24 Å². The molecule has 0 heterocycles. The second kappa shape index (κ2) is 7.29. The molecule has 1 atom stereocenters. The first-order valence-corrected chi connectivity index (χ1v) is 8.70. The monoisotopic (exact) mass is 283 g/mol. The Hall–Kier alpha value is -0.0400. The molecule has 1 heteroatoms. The minimum absolute atomic E-state index is 0.306. The molecule has 0 radical (unpaired) electrons. The summed E-state index contributed by atoms with van der Waals surface area (Å²) in [6.45, 7) is 25.1. The lowest BCUT2D eigenvalue weighted by Crippen LogP contribution is -2.54. The Balaban J connectivity index is 5.29. The molecule has 1 unspecified atom stereocenters. The third-order valence-electron chi connectivity index (χ3n) is 5.45. The van der Waals surface area contributed by atoms with Crippen molar-refractivity contribution in [2.75, 3.05) is 6.54 Å². The van der Waals surface area contributed by atoms with E-state index in [9.17, 15) is 0 Å². The van der Waals surface area contributed by atoms with Gasteiger partial charge in [-0.15, -0.1) is 0 Å². The highest BCUT2D eigenvalue weighted by Gasteiger charge is 2.38. The van der Waals surface area contributed by atoms with Crippen molar-refractivity contribution in [2.24, 2.45) is 10.8 Å². The molecule has 0 aromatic carbocycles. The van der Waals surface area contributed by atoms with Gasteiger partial charge in [-0.1, -0.05) is 54.9 Å². The smallest absolute Gasteiger partial charge is 0.0186 e. The molecule has 0 N–H and O–H groups in total. The second-order valence-corrected chi connectivity index (χ2v) is 8.78. The Morgan fingerprint density at radius 3 is 1.50 bits per heavy atom. The Morgan fingerprint density at radius 1 is 0.750 bits per heavy atom. The van der Waals surface area contributed by atoms with Gasteiger partial charge in [0.25, 0.3) is 0 Å². The van der Waals surface area contributed by atoms with E-state index < -0.39 is 0 Å². The van der Waals surface area contributed by atoms with E-state index in [0.717, 1.165) is 0 Å². The van der Waals surface area contributed by atoms with Crippen LogP contribution in [0.4, 0.5) is 0 Å². The van der Waals surface area contributed by atoms with Crippen LogP contribution in [0.1, 0.15) is 94.9 Å². The fraction of sp³-hybridized carbons (Fsp3) is 1.00. The van der Waals surface area contributed by atoms with Crippen LogP contribution in [0.15, 0.2) is 0 Å². The molecule has 1 nitrogen and oxygen atoms in total. The van der Waals surface area contributed by atoms with Crippen LogP contribution in [-0.4, -0.2) is 23.0 Å². The van der Waals surface area contributed by atoms with Gasteiger partial charge in [-0.2, -0.15) is 0 Å². The first-order valence-electron chi connectivity index (χ1n) is 8.70. The number of nitrogens with zero attached hydrogens (tertiary/aromatic N) is 1. The summed E-state index contributed by atoms with van der Waals surface area (Å²) in [5.74, 6) is 0. The van der Waals surface area contributed by atoms with E-state index in [1.807, 2.05) is 0 Å². The molecule has 122 valence electrons. The lowest BCUT2D eigenvalue weighted by Gasteiger charge is -2.50. The van der Waals surface area contributed by atoms with Crippen LogP contribution in [-0.2, 0) is 0 Å². The lowest BCUT2D eigenvalue weighted by molar-refractivity contribution is -0.00151. The zero-order valence-corrected chi connectivity index (χ0v) is 16.1. The molecule has 0 aliphatic heterocycles. The van der Waals surface area contributed by atoms with E-state index in [2.05, 4.69) is 74.1 Å². The molecule has 20 heavy (non-hydrogen) atoms. The quantitative estimate of drug-likeness (QED) is 0.492. The highest BCUT2D eigenvalue weighted by molar-refractivity contribution is 4.93. The molecule has 0 rings (SSSR count). The van der Waals surface area contributed by atoms with E-state index in [0.29, 0.717) is 22.4 Å². The summed E-state index contributed by atoms with van der Waals surface area (Å²) in [5.41, 5.74) is 1.13. The van der Waals surface area contributed by atoms with Gasteiger partial charge in [0.1, 0.15) is 0 Å². The van der Waals surface area contributed by atoms with E-state index >= 15 is 0 Å². The molecule has 0 aliphatic rings. The van der Waals surface area contributed by atoms with Crippen molar-refractivity contribution in [1.29, 1.82) is 0 Å². The molecular formula is C19H41N. The number of hydrogen-bond acceptors (Lipinski definition) is 1. The molecule has 0 spiro atoms. The number of rotatable bonds is 9. The average Bonchev–Trinajstić information content (AvgIpc) is 2.35. The maximum atomic E-state index is 2.77. The van der Waals surface area contributed by atoms with Gasteiger partial charge in [0.2, 0.25) is 0 Å². The Kier molecular flexibility index (Phi) is 7.28. The summed E-state index contributed by atoms with van der Waals surface area (Å²) in [5, 5.41) is 0. The van der Waals surface area contributed by atoms with Crippen molar-refractivity contribution in [3.05, 3.63) is 0 Å². The predicted molar refractivity (Wildman–Crippen MR) is 93.3 cm³/mol. The van der Waals surface area contributed by atoms with Crippen LogP contribution >= 0.6 is 0 Å². The number of hydrogen-bond donors (Lipinski definition) is 0. The molecule has 0 aromatic rings. The van der Waals surface area contributed by atoms with Gasteiger partial charge in [-0.25, -0.2) is 0 Å². The molecule has 0 saturated carbocycles. The first kappa shape index (κ1) is 20.0. The lowest BCUT2D eigenvalue weighted by atomic mass is 9.74. The van der Waals surface area contributed by atoms with Crippen LogP contribution in [0.25, 0.3) is 0 Å². The summed E-state index contributed by atoms with van der Waals surface area (Å²) >= 11 is 0. The Labute approximate surface area is 129 Å². The van der Waals surface area contributed by atoms with Crippen molar-refractivity contribution in [3.8, 4) is 0 Å². The van der Waals surface area contributed by atoms with Gasteiger partial charge in [0.15, 0.2) is 0 Å². The van der Waals surface area contributed by atoms with E-state index in [4.69, 9.17) is 0 Å². The molecule has 0 fully saturated rings. The van der Waals surface area contributed by atoms with Crippen molar-refractivity contribution >= 4 is 0 Å². The fourth-order valence-corrected chi connectivity index (χ4v) is 3.16. The third kappa shape index (κ3) is 5.76. The van der Waals surface area contributed by atoms with E-state index in [1.54, 1.807) is 0 Å². The van der Waals surface area contributed by atoms with Gasteiger partial charge in [-0.05, 0) is 50.9 Å². The summed E-state index contributed by atoms with van der Waals surface area (Å²) < 4.78 is 0. The van der Waals surface area contributed by atoms with Crippen molar-refractivity contribution in [1.82, 2.24) is 4.90 Å². The van der Waals surface area contributed by atoms with E-state index in [1.165, 1.54) is 32.2 Å². The van der Waals surface area contributed by atoms with E-state index in [-0.39, 0.29) is 0 Å². The predicted octanol–water partition coefficient (Wildman–Crippen LogP) is 6.13. The zero-order chi connectivity index (χ0) is 16.2. The van der Waals surface area contributed by atoms with Crippen LogP contribution in [0.2, 0.25) is 0 Å².